The molecule has 0 spiro atoms. The van der Waals surface area contributed by atoms with Crippen LogP contribution in [-0.4, -0.2) is 13.1 Å². The van der Waals surface area contributed by atoms with Gasteiger partial charge in [-0.25, -0.2) is 0 Å². The molecule has 0 saturated heterocycles. The van der Waals surface area contributed by atoms with E-state index in [4.69, 9.17) is 5.73 Å². The summed E-state index contributed by atoms with van der Waals surface area (Å²) in [6.45, 7) is 2.72. The Labute approximate surface area is 73.8 Å². The summed E-state index contributed by atoms with van der Waals surface area (Å²) in [4.78, 5) is 0. The van der Waals surface area contributed by atoms with Gasteiger partial charge in [-0.3, -0.25) is 0 Å². The number of rotatable bonds is 5. The van der Waals surface area contributed by atoms with Gasteiger partial charge in [-0.15, -0.1) is 0 Å². The summed E-state index contributed by atoms with van der Waals surface area (Å²) >= 11 is 0. The Morgan fingerprint density at radius 2 is 1.92 bits per heavy atom. The monoisotopic (exact) mass is 164 g/mol. The van der Waals surface area contributed by atoms with Crippen molar-refractivity contribution >= 4 is 0 Å². The van der Waals surface area contributed by atoms with Gasteiger partial charge in [0.15, 0.2) is 0 Å². The molecule has 2 nitrogen and oxygen atoms in total. The van der Waals surface area contributed by atoms with Gasteiger partial charge in [0.2, 0.25) is 0 Å². The summed E-state index contributed by atoms with van der Waals surface area (Å²) in [5, 5.41) is 3.32. The Hall–Kier alpha value is -0.860. The molecule has 0 saturated carbocycles. The van der Waals surface area contributed by atoms with Crippen LogP contribution in [0.5, 0.6) is 0 Å². The van der Waals surface area contributed by atoms with Crippen LogP contribution in [0, 0.1) is 0 Å². The third kappa shape index (κ3) is 3.51. The average Bonchev–Trinajstić information content (AvgIpc) is 2.14. The molecule has 12 heavy (non-hydrogen) atoms. The summed E-state index contributed by atoms with van der Waals surface area (Å²) in [5.41, 5.74) is 6.70. The molecule has 0 radical (unpaired) electrons. The van der Waals surface area contributed by atoms with Crippen molar-refractivity contribution in [2.75, 3.05) is 13.1 Å². The first-order chi connectivity index (χ1) is 5.93. The molecule has 2 heteroatoms. The molecule has 0 atom stereocenters. The quantitative estimate of drug-likeness (QED) is 0.640. The van der Waals surface area contributed by atoms with Crippen molar-refractivity contribution in [1.29, 1.82) is 0 Å². The molecule has 1 aromatic rings. The van der Waals surface area contributed by atoms with Crippen molar-refractivity contribution in [2.24, 2.45) is 5.73 Å². The fourth-order valence-electron chi connectivity index (χ4n) is 1.06. The topological polar surface area (TPSA) is 38.0 Å². The zero-order valence-corrected chi connectivity index (χ0v) is 7.29. The highest BCUT2D eigenvalue weighted by atomic mass is 14.8. The number of nitrogens with one attached hydrogen (secondary N) is 1. The smallest absolute Gasteiger partial charge is 0.0205 e. The predicted molar refractivity (Wildman–Crippen MR) is 51.8 cm³/mol. The molecule has 0 heterocycles. The standard InChI is InChI=1S/C10H16N2/c11-7-4-8-12-9-10-5-2-1-3-6-10/h1-3,5-6,12H,4,7-9,11H2. The van der Waals surface area contributed by atoms with Crippen molar-refractivity contribution in [3.63, 3.8) is 0 Å². The van der Waals surface area contributed by atoms with Crippen LogP contribution in [-0.2, 0) is 6.54 Å². The Morgan fingerprint density at radius 3 is 2.58 bits per heavy atom. The van der Waals surface area contributed by atoms with Crippen LogP contribution in [0.25, 0.3) is 0 Å². The van der Waals surface area contributed by atoms with E-state index in [0.29, 0.717) is 0 Å². The lowest BCUT2D eigenvalue weighted by Crippen LogP contribution is -2.17. The maximum absolute atomic E-state index is 5.37. The van der Waals surface area contributed by atoms with Crippen molar-refractivity contribution < 1.29 is 0 Å². The fourth-order valence-corrected chi connectivity index (χ4v) is 1.06. The minimum absolute atomic E-state index is 0.766. The summed E-state index contributed by atoms with van der Waals surface area (Å²) in [6.07, 6.45) is 1.05. The Balaban J connectivity index is 2.16. The van der Waals surface area contributed by atoms with E-state index in [9.17, 15) is 0 Å². The normalized spacial score (nSPS) is 10.1. The van der Waals surface area contributed by atoms with E-state index in [1.807, 2.05) is 6.07 Å². The Bertz CT molecular complexity index is 196. The van der Waals surface area contributed by atoms with Gasteiger partial charge >= 0.3 is 0 Å². The second kappa shape index (κ2) is 5.75. The van der Waals surface area contributed by atoms with Gasteiger partial charge in [0, 0.05) is 6.54 Å². The molecule has 0 aliphatic heterocycles. The molecule has 3 N–H and O–H groups in total. The summed E-state index contributed by atoms with van der Waals surface area (Å²) < 4.78 is 0. The van der Waals surface area contributed by atoms with E-state index in [-0.39, 0.29) is 0 Å². The molecule has 66 valence electrons. The molecule has 0 aromatic heterocycles. The molecule has 1 rings (SSSR count). The summed E-state index contributed by atoms with van der Waals surface area (Å²) in [7, 11) is 0. The number of nitrogens with two attached hydrogens (primary N) is 1. The van der Waals surface area contributed by atoms with Crippen LogP contribution in [0.4, 0.5) is 0 Å². The highest BCUT2D eigenvalue weighted by molar-refractivity contribution is 5.14. The fraction of sp³-hybridized carbons (Fsp3) is 0.400. The Morgan fingerprint density at radius 1 is 1.17 bits per heavy atom. The van der Waals surface area contributed by atoms with Gasteiger partial charge in [-0.2, -0.15) is 0 Å². The van der Waals surface area contributed by atoms with Gasteiger partial charge in [0.05, 0.1) is 0 Å². The van der Waals surface area contributed by atoms with E-state index in [1.54, 1.807) is 0 Å². The highest BCUT2D eigenvalue weighted by Gasteiger charge is 1.88. The van der Waals surface area contributed by atoms with E-state index < -0.39 is 0 Å². The number of hydrogen-bond donors (Lipinski definition) is 2. The van der Waals surface area contributed by atoms with E-state index in [2.05, 4.69) is 29.6 Å². The minimum Gasteiger partial charge on any atom is -0.330 e. The zero-order valence-electron chi connectivity index (χ0n) is 7.29. The lowest BCUT2D eigenvalue weighted by Gasteiger charge is -2.02. The first kappa shape index (κ1) is 9.23. The first-order valence-electron chi connectivity index (χ1n) is 4.38. The molecule has 1 aromatic carbocycles. The first-order valence-corrected chi connectivity index (χ1v) is 4.38. The van der Waals surface area contributed by atoms with Gasteiger partial charge in [0.1, 0.15) is 0 Å². The summed E-state index contributed by atoms with van der Waals surface area (Å²) in [5.74, 6) is 0. The lowest BCUT2D eigenvalue weighted by molar-refractivity contribution is 0.655. The van der Waals surface area contributed by atoms with Gasteiger partial charge in [0.25, 0.3) is 0 Å². The molecular formula is C10H16N2. The second-order valence-corrected chi connectivity index (χ2v) is 2.80. The molecule has 0 aliphatic carbocycles. The van der Waals surface area contributed by atoms with Crippen LogP contribution >= 0.6 is 0 Å². The Kier molecular flexibility index (Phi) is 4.42. The van der Waals surface area contributed by atoms with Crippen molar-refractivity contribution in [3.05, 3.63) is 35.9 Å². The van der Waals surface area contributed by atoms with Crippen LogP contribution < -0.4 is 11.1 Å². The number of benzene rings is 1. The van der Waals surface area contributed by atoms with Gasteiger partial charge in [-0.05, 0) is 25.1 Å². The SMILES string of the molecule is NCCCNCc1ccccc1. The van der Waals surface area contributed by atoms with Crippen molar-refractivity contribution in [1.82, 2.24) is 5.32 Å². The summed E-state index contributed by atoms with van der Waals surface area (Å²) in [6, 6.07) is 10.4. The zero-order chi connectivity index (χ0) is 8.65. The molecule has 0 aliphatic rings. The van der Waals surface area contributed by atoms with Crippen LogP contribution in [0.15, 0.2) is 30.3 Å². The molecular weight excluding hydrogens is 148 g/mol. The highest BCUT2D eigenvalue weighted by Crippen LogP contribution is 1.96. The van der Waals surface area contributed by atoms with Gasteiger partial charge in [-0.1, -0.05) is 30.3 Å². The van der Waals surface area contributed by atoms with E-state index >= 15 is 0 Å². The molecule has 0 unspecified atom stereocenters. The van der Waals surface area contributed by atoms with Crippen LogP contribution in [0.3, 0.4) is 0 Å². The third-order valence-corrected chi connectivity index (χ3v) is 1.73. The van der Waals surface area contributed by atoms with Crippen LogP contribution in [0.1, 0.15) is 12.0 Å². The van der Waals surface area contributed by atoms with E-state index in [1.165, 1.54) is 5.56 Å². The number of hydrogen-bond acceptors (Lipinski definition) is 2. The predicted octanol–water partition coefficient (Wildman–Crippen LogP) is 1.12. The van der Waals surface area contributed by atoms with Crippen molar-refractivity contribution in [3.8, 4) is 0 Å². The second-order valence-electron chi connectivity index (χ2n) is 2.80. The maximum atomic E-state index is 5.37. The minimum atomic E-state index is 0.766. The van der Waals surface area contributed by atoms with Crippen molar-refractivity contribution in [2.45, 2.75) is 13.0 Å². The lowest BCUT2D eigenvalue weighted by atomic mass is 10.2. The molecule has 0 amide bonds. The van der Waals surface area contributed by atoms with E-state index in [0.717, 1.165) is 26.1 Å². The average molecular weight is 164 g/mol. The largest absolute Gasteiger partial charge is 0.330 e. The third-order valence-electron chi connectivity index (χ3n) is 1.73. The molecule has 0 fully saturated rings. The van der Waals surface area contributed by atoms with Crippen LogP contribution in [0.2, 0.25) is 0 Å². The van der Waals surface area contributed by atoms with Gasteiger partial charge < -0.3 is 11.1 Å². The maximum Gasteiger partial charge on any atom is 0.0205 e. The molecule has 0 bridgehead atoms.